The molecule has 1 aliphatic rings. The van der Waals surface area contributed by atoms with Gasteiger partial charge in [-0.3, -0.25) is 0 Å². The van der Waals surface area contributed by atoms with Gasteiger partial charge in [0.1, 0.15) is 0 Å². The number of hydrogen-bond acceptors (Lipinski definition) is 1. The maximum Gasteiger partial charge on any atom is 0.0559 e. The van der Waals surface area contributed by atoms with E-state index in [4.69, 9.17) is 16.3 Å². The molecule has 0 saturated carbocycles. The van der Waals surface area contributed by atoms with Crippen LogP contribution in [0.3, 0.4) is 0 Å². The Morgan fingerprint density at radius 2 is 1.83 bits per heavy atom. The van der Waals surface area contributed by atoms with E-state index in [2.05, 4.69) is 32.6 Å². The number of benzene rings is 1. The molecule has 2 heteroatoms. The number of rotatable bonds is 3. The van der Waals surface area contributed by atoms with Crippen molar-refractivity contribution in [2.75, 3.05) is 0 Å². The van der Waals surface area contributed by atoms with E-state index in [-0.39, 0.29) is 5.41 Å². The van der Waals surface area contributed by atoms with Crippen molar-refractivity contribution in [2.24, 2.45) is 0 Å². The second-order valence-electron chi connectivity index (χ2n) is 5.45. The second kappa shape index (κ2) is 5.46. The zero-order valence-electron chi connectivity index (χ0n) is 11.2. The topological polar surface area (TPSA) is 9.23 Å². The number of hydrogen-bond donors (Lipinski definition) is 0. The first-order valence-corrected chi connectivity index (χ1v) is 6.96. The summed E-state index contributed by atoms with van der Waals surface area (Å²) in [4.78, 5) is 0. The van der Waals surface area contributed by atoms with E-state index in [0.717, 1.165) is 24.3 Å². The highest BCUT2D eigenvalue weighted by atomic mass is 35.5. The fourth-order valence-electron chi connectivity index (χ4n) is 3.28. The second-order valence-corrected chi connectivity index (χ2v) is 5.88. The van der Waals surface area contributed by atoms with E-state index in [1.807, 2.05) is 18.2 Å². The normalized spacial score (nSPS) is 32.2. The van der Waals surface area contributed by atoms with Crippen molar-refractivity contribution >= 4 is 11.6 Å². The number of allylic oxidation sites excluding steroid dienone is 1. The third kappa shape index (κ3) is 2.78. The molecule has 1 heterocycles. The molecule has 0 spiro atoms. The summed E-state index contributed by atoms with van der Waals surface area (Å²) in [6.07, 6.45) is 5.70. The van der Waals surface area contributed by atoms with Crippen LogP contribution in [-0.4, -0.2) is 12.2 Å². The highest BCUT2D eigenvalue weighted by molar-refractivity contribution is 6.30. The van der Waals surface area contributed by atoms with Crippen LogP contribution in [0.1, 0.15) is 38.7 Å². The molecule has 0 aromatic heterocycles. The summed E-state index contributed by atoms with van der Waals surface area (Å²) in [5, 5.41) is 0.792. The predicted octanol–water partition coefficient (Wildman–Crippen LogP) is 4.74. The van der Waals surface area contributed by atoms with E-state index >= 15 is 0 Å². The lowest BCUT2D eigenvalue weighted by Crippen LogP contribution is -2.41. The molecular weight excluding hydrogens is 244 g/mol. The Morgan fingerprint density at radius 3 is 2.33 bits per heavy atom. The molecule has 0 radical (unpaired) electrons. The fraction of sp³-hybridized carbons (Fsp3) is 0.500. The van der Waals surface area contributed by atoms with Crippen LogP contribution in [0, 0.1) is 0 Å². The summed E-state index contributed by atoms with van der Waals surface area (Å²) in [7, 11) is 0. The average Bonchev–Trinajstić information content (AvgIpc) is 2.28. The van der Waals surface area contributed by atoms with Gasteiger partial charge in [-0.15, -0.1) is 6.58 Å². The molecule has 98 valence electrons. The quantitative estimate of drug-likeness (QED) is 0.717. The van der Waals surface area contributed by atoms with Gasteiger partial charge in [0, 0.05) is 10.4 Å². The van der Waals surface area contributed by atoms with Gasteiger partial charge in [0.2, 0.25) is 0 Å². The van der Waals surface area contributed by atoms with Crippen molar-refractivity contribution in [1.29, 1.82) is 0 Å². The molecule has 2 unspecified atom stereocenters. The van der Waals surface area contributed by atoms with E-state index in [0.29, 0.717) is 12.2 Å². The van der Waals surface area contributed by atoms with Crippen molar-refractivity contribution < 1.29 is 4.74 Å². The molecule has 1 fully saturated rings. The number of halogens is 1. The Morgan fingerprint density at radius 1 is 1.28 bits per heavy atom. The van der Waals surface area contributed by atoms with Crippen LogP contribution >= 0.6 is 11.6 Å². The molecule has 0 bridgehead atoms. The summed E-state index contributed by atoms with van der Waals surface area (Å²) in [5.41, 5.74) is 1.51. The third-order valence-electron chi connectivity index (χ3n) is 3.81. The first-order valence-electron chi connectivity index (χ1n) is 6.58. The van der Waals surface area contributed by atoms with Crippen LogP contribution in [0.15, 0.2) is 36.9 Å². The summed E-state index contributed by atoms with van der Waals surface area (Å²) in [6, 6.07) is 8.26. The summed E-state index contributed by atoms with van der Waals surface area (Å²) in [5.74, 6) is 0. The van der Waals surface area contributed by atoms with Gasteiger partial charge >= 0.3 is 0 Å². The molecule has 18 heavy (non-hydrogen) atoms. The average molecular weight is 265 g/mol. The van der Waals surface area contributed by atoms with Gasteiger partial charge in [0.25, 0.3) is 0 Å². The van der Waals surface area contributed by atoms with Crippen molar-refractivity contribution in [3.63, 3.8) is 0 Å². The van der Waals surface area contributed by atoms with Gasteiger partial charge in [-0.1, -0.05) is 29.8 Å². The summed E-state index contributed by atoms with van der Waals surface area (Å²) < 4.78 is 5.87. The van der Waals surface area contributed by atoms with Gasteiger partial charge in [0.05, 0.1) is 12.2 Å². The molecule has 1 nitrogen and oxygen atoms in total. The van der Waals surface area contributed by atoms with Gasteiger partial charge in [-0.05, 0) is 50.8 Å². The Kier molecular flexibility index (Phi) is 4.14. The maximum absolute atomic E-state index is 5.99. The Labute approximate surface area is 115 Å². The van der Waals surface area contributed by atoms with E-state index < -0.39 is 0 Å². The minimum Gasteiger partial charge on any atom is -0.376 e. The van der Waals surface area contributed by atoms with Crippen LogP contribution in [0.5, 0.6) is 0 Å². The standard InChI is InChI=1S/C16H21ClO/c1-4-9-16(10-12(2)18-13(3)11-16)14-5-7-15(17)8-6-14/h4-8,12-13H,1,9-11H2,2-3H3. The minimum atomic E-state index is 0.156. The first-order chi connectivity index (χ1) is 8.55. The van der Waals surface area contributed by atoms with Crippen molar-refractivity contribution in [1.82, 2.24) is 0 Å². The van der Waals surface area contributed by atoms with E-state index in [1.165, 1.54) is 5.56 Å². The lowest BCUT2D eigenvalue weighted by molar-refractivity contribution is -0.0625. The molecule has 1 aromatic rings. The third-order valence-corrected chi connectivity index (χ3v) is 4.06. The van der Waals surface area contributed by atoms with Crippen molar-refractivity contribution in [3.05, 3.63) is 47.5 Å². The Bertz CT molecular complexity index is 400. The fourth-order valence-corrected chi connectivity index (χ4v) is 3.40. The van der Waals surface area contributed by atoms with Crippen molar-refractivity contribution in [3.8, 4) is 0 Å². The molecule has 2 rings (SSSR count). The maximum atomic E-state index is 5.99. The van der Waals surface area contributed by atoms with Crippen LogP contribution in [0.25, 0.3) is 0 Å². The molecule has 1 aliphatic heterocycles. The number of ether oxygens (including phenoxy) is 1. The van der Waals surface area contributed by atoms with Crippen LogP contribution in [-0.2, 0) is 10.2 Å². The van der Waals surface area contributed by atoms with Crippen LogP contribution in [0.2, 0.25) is 5.02 Å². The monoisotopic (exact) mass is 264 g/mol. The molecular formula is C16H21ClO. The highest BCUT2D eigenvalue weighted by Gasteiger charge is 2.38. The molecule has 0 N–H and O–H groups in total. The van der Waals surface area contributed by atoms with Gasteiger partial charge in [-0.25, -0.2) is 0 Å². The van der Waals surface area contributed by atoms with E-state index in [9.17, 15) is 0 Å². The lowest BCUT2D eigenvalue weighted by Gasteiger charge is -2.43. The van der Waals surface area contributed by atoms with E-state index in [1.54, 1.807) is 0 Å². The zero-order valence-corrected chi connectivity index (χ0v) is 11.9. The minimum absolute atomic E-state index is 0.156. The van der Waals surface area contributed by atoms with Gasteiger partial charge in [-0.2, -0.15) is 0 Å². The summed E-state index contributed by atoms with van der Waals surface area (Å²) in [6.45, 7) is 8.24. The lowest BCUT2D eigenvalue weighted by atomic mass is 9.68. The molecule has 1 aromatic carbocycles. The Hall–Kier alpha value is -0.790. The molecule has 2 atom stereocenters. The molecule has 0 aliphatic carbocycles. The zero-order chi connectivity index (χ0) is 13.2. The van der Waals surface area contributed by atoms with Gasteiger partial charge < -0.3 is 4.74 Å². The van der Waals surface area contributed by atoms with Crippen molar-refractivity contribution in [2.45, 2.75) is 50.7 Å². The highest BCUT2D eigenvalue weighted by Crippen LogP contribution is 2.42. The van der Waals surface area contributed by atoms with Crippen LogP contribution < -0.4 is 0 Å². The predicted molar refractivity (Wildman–Crippen MR) is 77.2 cm³/mol. The van der Waals surface area contributed by atoms with Crippen LogP contribution in [0.4, 0.5) is 0 Å². The SMILES string of the molecule is C=CCC1(c2ccc(Cl)cc2)CC(C)OC(C)C1. The smallest absolute Gasteiger partial charge is 0.0559 e. The molecule has 1 saturated heterocycles. The largest absolute Gasteiger partial charge is 0.376 e. The Balaban J connectivity index is 2.36. The van der Waals surface area contributed by atoms with Gasteiger partial charge in [0.15, 0.2) is 0 Å². The summed E-state index contributed by atoms with van der Waals surface area (Å²) >= 11 is 5.99. The molecule has 0 amide bonds. The first kappa shape index (κ1) is 13.6.